The van der Waals surface area contributed by atoms with Crippen molar-refractivity contribution in [2.75, 3.05) is 12.3 Å². The van der Waals surface area contributed by atoms with E-state index < -0.39 is 10.0 Å². The van der Waals surface area contributed by atoms with Crippen molar-refractivity contribution in [1.82, 2.24) is 9.71 Å². The van der Waals surface area contributed by atoms with Crippen molar-refractivity contribution in [2.45, 2.75) is 24.3 Å². The monoisotopic (exact) mass is 283 g/mol. The van der Waals surface area contributed by atoms with Gasteiger partial charge >= 0.3 is 0 Å². The Morgan fingerprint density at radius 3 is 2.89 bits per heavy atom. The maximum absolute atomic E-state index is 12.2. The SMILES string of the molecule is CC(CCO)NS(=O)(=O)c1c[nH]c2cc(N)ccc12. The predicted molar refractivity (Wildman–Crippen MR) is 74.2 cm³/mol. The summed E-state index contributed by atoms with van der Waals surface area (Å²) in [5, 5.41) is 9.41. The van der Waals surface area contributed by atoms with Crippen LogP contribution in [0, 0.1) is 0 Å². The second-order valence-corrected chi connectivity index (χ2v) is 6.17. The lowest BCUT2D eigenvalue weighted by atomic mass is 10.2. The molecule has 2 aromatic rings. The maximum atomic E-state index is 12.2. The van der Waals surface area contributed by atoms with E-state index in [4.69, 9.17) is 10.8 Å². The number of aliphatic hydroxyl groups excluding tert-OH is 1. The zero-order chi connectivity index (χ0) is 14.0. The van der Waals surface area contributed by atoms with E-state index in [1.165, 1.54) is 6.20 Å². The van der Waals surface area contributed by atoms with Gasteiger partial charge in [-0.25, -0.2) is 13.1 Å². The van der Waals surface area contributed by atoms with Crippen molar-refractivity contribution in [2.24, 2.45) is 0 Å². The average Bonchev–Trinajstić information content (AvgIpc) is 2.71. The first-order valence-corrected chi connectivity index (χ1v) is 7.42. The fourth-order valence-corrected chi connectivity index (χ4v) is 3.38. The van der Waals surface area contributed by atoms with Gasteiger partial charge in [-0.2, -0.15) is 0 Å². The first-order valence-electron chi connectivity index (χ1n) is 5.94. The first kappa shape index (κ1) is 13.9. The van der Waals surface area contributed by atoms with Crippen LogP contribution in [0.2, 0.25) is 0 Å². The quantitative estimate of drug-likeness (QED) is 0.609. The van der Waals surface area contributed by atoms with E-state index in [-0.39, 0.29) is 17.5 Å². The molecule has 0 saturated heterocycles. The van der Waals surface area contributed by atoms with E-state index in [1.54, 1.807) is 25.1 Å². The average molecular weight is 283 g/mol. The van der Waals surface area contributed by atoms with Crippen molar-refractivity contribution in [3.05, 3.63) is 24.4 Å². The highest BCUT2D eigenvalue weighted by atomic mass is 32.2. The number of anilines is 1. The summed E-state index contributed by atoms with van der Waals surface area (Å²) in [5.74, 6) is 0. The summed E-state index contributed by atoms with van der Waals surface area (Å²) >= 11 is 0. The standard InChI is InChI=1S/C12H17N3O3S/c1-8(4-5-16)15-19(17,18)12-7-14-11-6-9(13)2-3-10(11)12/h2-3,6-8,14-16H,4-5,13H2,1H3. The molecule has 6 nitrogen and oxygen atoms in total. The minimum absolute atomic E-state index is 0.0614. The number of nitrogens with one attached hydrogen (secondary N) is 2. The third-order valence-corrected chi connectivity index (χ3v) is 4.51. The van der Waals surface area contributed by atoms with E-state index in [9.17, 15) is 8.42 Å². The van der Waals surface area contributed by atoms with E-state index >= 15 is 0 Å². The topological polar surface area (TPSA) is 108 Å². The first-order chi connectivity index (χ1) is 8.94. The Morgan fingerprint density at radius 2 is 2.21 bits per heavy atom. The number of nitrogens with two attached hydrogens (primary N) is 1. The van der Waals surface area contributed by atoms with Crippen molar-refractivity contribution in [3.8, 4) is 0 Å². The molecule has 7 heteroatoms. The molecule has 1 atom stereocenters. The molecule has 0 amide bonds. The Hall–Kier alpha value is -1.57. The number of aromatic amines is 1. The number of aromatic nitrogens is 1. The van der Waals surface area contributed by atoms with Gasteiger partial charge < -0.3 is 15.8 Å². The number of sulfonamides is 1. The summed E-state index contributed by atoms with van der Waals surface area (Å²) in [4.78, 5) is 3.08. The minimum Gasteiger partial charge on any atom is -0.399 e. The van der Waals surface area contributed by atoms with Gasteiger partial charge in [0.15, 0.2) is 0 Å². The van der Waals surface area contributed by atoms with Gasteiger partial charge in [0.05, 0.1) is 0 Å². The second kappa shape index (κ2) is 5.20. The second-order valence-electron chi connectivity index (χ2n) is 4.49. The van der Waals surface area contributed by atoms with Crippen LogP contribution in [0.25, 0.3) is 10.9 Å². The molecule has 2 rings (SSSR count). The molecular weight excluding hydrogens is 266 g/mol. The summed E-state index contributed by atoms with van der Waals surface area (Å²) < 4.78 is 27.0. The van der Waals surface area contributed by atoms with E-state index in [2.05, 4.69) is 9.71 Å². The van der Waals surface area contributed by atoms with Gasteiger partial charge in [0.2, 0.25) is 10.0 Å². The minimum atomic E-state index is -3.61. The van der Waals surface area contributed by atoms with Crippen molar-refractivity contribution in [3.63, 3.8) is 0 Å². The summed E-state index contributed by atoms with van der Waals surface area (Å²) in [6.07, 6.45) is 1.81. The van der Waals surface area contributed by atoms with Crippen LogP contribution in [-0.2, 0) is 10.0 Å². The number of aliphatic hydroxyl groups is 1. The number of rotatable bonds is 5. The number of fused-ring (bicyclic) bond motifs is 1. The molecular formula is C12H17N3O3S. The molecule has 5 N–H and O–H groups in total. The lowest BCUT2D eigenvalue weighted by molar-refractivity contribution is 0.275. The number of benzene rings is 1. The van der Waals surface area contributed by atoms with Crippen LogP contribution in [0.15, 0.2) is 29.3 Å². The van der Waals surface area contributed by atoms with Gasteiger partial charge in [-0.3, -0.25) is 0 Å². The third kappa shape index (κ3) is 2.89. The highest BCUT2D eigenvalue weighted by molar-refractivity contribution is 7.89. The van der Waals surface area contributed by atoms with Crippen molar-refractivity contribution < 1.29 is 13.5 Å². The molecule has 104 valence electrons. The molecule has 1 heterocycles. The van der Waals surface area contributed by atoms with E-state index in [1.807, 2.05) is 0 Å². The highest BCUT2D eigenvalue weighted by Crippen LogP contribution is 2.24. The molecule has 1 aromatic heterocycles. The normalized spacial score (nSPS) is 13.8. The molecule has 0 spiro atoms. The van der Waals surface area contributed by atoms with Gasteiger partial charge in [-0.05, 0) is 31.5 Å². The molecule has 1 unspecified atom stereocenters. The smallest absolute Gasteiger partial charge is 0.242 e. The predicted octanol–water partition coefficient (Wildman–Crippen LogP) is 0.799. The van der Waals surface area contributed by atoms with E-state index in [0.717, 1.165) is 0 Å². The van der Waals surface area contributed by atoms with Crippen LogP contribution in [0.1, 0.15) is 13.3 Å². The van der Waals surface area contributed by atoms with Gasteiger partial charge in [0, 0.05) is 35.4 Å². The molecule has 1 aromatic carbocycles. The van der Waals surface area contributed by atoms with Crippen LogP contribution >= 0.6 is 0 Å². The summed E-state index contributed by atoms with van der Waals surface area (Å²) in [6.45, 7) is 1.65. The molecule has 0 fully saturated rings. The van der Waals surface area contributed by atoms with E-state index in [0.29, 0.717) is 23.0 Å². The van der Waals surface area contributed by atoms with Gasteiger partial charge in [-0.1, -0.05) is 0 Å². The van der Waals surface area contributed by atoms with Crippen LogP contribution in [-0.4, -0.2) is 31.2 Å². The number of H-pyrrole nitrogens is 1. The van der Waals surface area contributed by atoms with Crippen LogP contribution in [0.3, 0.4) is 0 Å². The molecule has 0 saturated carbocycles. The molecule has 0 aliphatic heterocycles. The molecule has 0 aliphatic rings. The van der Waals surface area contributed by atoms with Crippen molar-refractivity contribution in [1.29, 1.82) is 0 Å². The Labute approximate surface area is 111 Å². The summed E-state index contributed by atoms with van der Waals surface area (Å²) in [6, 6.07) is 4.69. The maximum Gasteiger partial charge on any atom is 0.242 e. The molecule has 19 heavy (non-hydrogen) atoms. The highest BCUT2D eigenvalue weighted by Gasteiger charge is 2.20. The van der Waals surface area contributed by atoms with Gasteiger partial charge in [0.25, 0.3) is 0 Å². The fourth-order valence-electron chi connectivity index (χ4n) is 1.92. The molecule has 0 aliphatic carbocycles. The van der Waals surface area contributed by atoms with Gasteiger partial charge in [-0.15, -0.1) is 0 Å². The zero-order valence-corrected chi connectivity index (χ0v) is 11.4. The zero-order valence-electron chi connectivity index (χ0n) is 10.6. The summed E-state index contributed by atoms with van der Waals surface area (Å²) in [7, 11) is -3.61. The number of nitrogen functional groups attached to an aromatic ring is 1. The Balaban J connectivity index is 2.38. The Morgan fingerprint density at radius 1 is 1.47 bits per heavy atom. The number of hydrogen-bond donors (Lipinski definition) is 4. The van der Waals surface area contributed by atoms with Crippen LogP contribution in [0.5, 0.6) is 0 Å². The number of hydrogen-bond acceptors (Lipinski definition) is 4. The van der Waals surface area contributed by atoms with Crippen LogP contribution in [0.4, 0.5) is 5.69 Å². The van der Waals surface area contributed by atoms with Crippen LogP contribution < -0.4 is 10.5 Å². The third-order valence-electron chi connectivity index (χ3n) is 2.88. The molecule has 0 bridgehead atoms. The van der Waals surface area contributed by atoms with Crippen molar-refractivity contribution >= 4 is 26.6 Å². The molecule has 0 radical (unpaired) electrons. The Kier molecular flexibility index (Phi) is 3.79. The lowest BCUT2D eigenvalue weighted by Crippen LogP contribution is -2.33. The largest absolute Gasteiger partial charge is 0.399 e. The summed E-state index contributed by atoms with van der Waals surface area (Å²) in [5.41, 5.74) is 6.90. The lowest BCUT2D eigenvalue weighted by Gasteiger charge is -2.12. The fraction of sp³-hybridized carbons (Fsp3) is 0.333. The Bertz CT molecular complexity index is 679. The van der Waals surface area contributed by atoms with Gasteiger partial charge in [0.1, 0.15) is 4.90 Å².